The van der Waals surface area contributed by atoms with E-state index in [-0.39, 0.29) is 5.91 Å². The maximum Gasteiger partial charge on any atom is 0.294 e. The predicted molar refractivity (Wildman–Crippen MR) is 79.8 cm³/mol. The Labute approximate surface area is 126 Å². The van der Waals surface area contributed by atoms with Gasteiger partial charge >= 0.3 is 0 Å². The van der Waals surface area contributed by atoms with Gasteiger partial charge in [0.05, 0.1) is 5.69 Å². The predicted octanol–water partition coefficient (Wildman–Crippen LogP) is 1.14. The standard InChI is InChI=1S/C14H16N4O2S/c15-17-13(19)14-16-11(9-21-14)8-18-5-6-20-12-4-2-1-3-10(12)7-18/h1-4,9H,5-8,15H2,(H,17,19). The van der Waals surface area contributed by atoms with Gasteiger partial charge in [-0.2, -0.15) is 0 Å². The van der Waals surface area contributed by atoms with Gasteiger partial charge in [-0.25, -0.2) is 10.8 Å². The first-order chi connectivity index (χ1) is 10.3. The molecule has 0 saturated heterocycles. The Morgan fingerprint density at radius 1 is 1.48 bits per heavy atom. The first-order valence-corrected chi connectivity index (χ1v) is 7.52. The summed E-state index contributed by atoms with van der Waals surface area (Å²) in [5.74, 6) is 5.71. The average Bonchev–Trinajstić information content (AvgIpc) is 2.86. The Bertz CT molecular complexity index is 643. The molecule has 1 aliphatic heterocycles. The van der Waals surface area contributed by atoms with Crippen LogP contribution in [-0.2, 0) is 13.1 Å². The fourth-order valence-corrected chi connectivity index (χ4v) is 3.00. The SMILES string of the molecule is NNC(=O)c1nc(CN2CCOc3ccccc3C2)cs1. The number of para-hydroxylation sites is 1. The molecule has 2 aromatic rings. The zero-order valence-electron chi connectivity index (χ0n) is 11.4. The van der Waals surface area contributed by atoms with Crippen LogP contribution in [-0.4, -0.2) is 28.9 Å². The zero-order valence-corrected chi connectivity index (χ0v) is 12.2. The zero-order chi connectivity index (χ0) is 14.7. The van der Waals surface area contributed by atoms with Crippen LogP contribution in [0.4, 0.5) is 0 Å². The highest BCUT2D eigenvalue weighted by Crippen LogP contribution is 2.23. The molecule has 0 unspecified atom stereocenters. The van der Waals surface area contributed by atoms with Crippen LogP contribution in [0.25, 0.3) is 0 Å². The minimum atomic E-state index is -0.351. The highest BCUT2D eigenvalue weighted by atomic mass is 32.1. The van der Waals surface area contributed by atoms with Crippen LogP contribution in [0.5, 0.6) is 5.75 Å². The van der Waals surface area contributed by atoms with Gasteiger partial charge in [0, 0.05) is 30.6 Å². The summed E-state index contributed by atoms with van der Waals surface area (Å²) in [6, 6.07) is 8.05. The van der Waals surface area contributed by atoms with Gasteiger partial charge in [-0.15, -0.1) is 11.3 Å². The van der Waals surface area contributed by atoms with E-state index < -0.39 is 0 Å². The quantitative estimate of drug-likeness (QED) is 0.505. The van der Waals surface area contributed by atoms with Gasteiger partial charge in [0.25, 0.3) is 5.91 Å². The number of ether oxygens (including phenoxy) is 1. The lowest BCUT2D eigenvalue weighted by Gasteiger charge is -2.17. The number of hydrazine groups is 1. The van der Waals surface area contributed by atoms with Crippen LogP contribution in [0.3, 0.4) is 0 Å². The molecule has 21 heavy (non-hydrogen) atoms. The Morgan fingerprint density at radius 3 is 3.19 bits per heavy atom. The lowest BCUT2D eigenvalue weighted by molar-refractivity contribution is 0.0953. The van der Waals surface area contributed by atoms with Gasteiger partial charge in [-0.05, 0) is 6.07 Å². The molecule has 7 heteroatoms. The third-order valence-electron chi connectivity index (χ3n) is 3.29. The first-order valence-electron chi connectivity index (χ1n) is 6.64. The summed E-state index contributed by atoms with van der Waals surface area (Å²) in [7, 11) is 0. The molecule has 1 aromatic carbocycles. The maximum absolute atomic E-state index is 11.4. The second kappa shape index (κ2) is 6.21. The van der Waals surface area contributed by atoms with Crippen molar-refractivity contribution < 1.29 is 9.53 Å². The molecule has 0 saturated carbocycles. The van der Waals surface area contributed by atoms with E-state index in [1.807, 2.05) is 23.6 Å². The van der Waals surface area contributed by atoms with Crippen LogP contribution in [0.15, 0.2) is 29.6 Å². The van der Waals surface area contributed by atoms with Crippen molar-refractivity contribution in [1.82, 2.24) is 15.3 Å². The van der Waals surface area contributed by atoms with Crippen molar-refractivity contribution in [3.8, 4) is 5.75 Å². The minimum Gasteiger partial charge on any atom is -0.492 e. The van der Waals surface area contributed by atoms with Crippen molar-refractivity contribution in [2.75, 3.05) is 13.2 Å². The number of aromatic nitrogens is 1. The number of amides is 1. The summed E-state index contributed by atoms with van der Waals surface area (Å²) in [4.78, 5) is 18.0. The number of hydrogen-bond acceptors (Lipinski definition) is 6. The molecule has 2 heterocycles. The van der Waals surface area contributed by atoms with Crippen LogP contribution in [0.1, 0.15) is 21.1 Å². The molecule has 1 aromatic heterocycles. The summed E-state index contributed by atoms with van der Waals surface area (Å²) < 4.78 is 5.74. The Hall–Kier alpha value is -1.96. The number of hydrogen-bond donors (Lipinski definition) is 2. The fraction of sp³-hybridized carbons (Fsp3) is 0.286. The van der Waals surface area contributed by atoms with Gasteiger partial charge in [0.2, 0.25) is 0 Å². The average molecular weight is 304 g/mol. The number of carbonyl (C=O) groups is 1. The molecule has 0 fully saturated rings. The van der Waals surface area contributed by atoms with Crippen LogP contribution < -0.4 is 16.0 Å². The van der Waals surface area contributed by atoms with E-state index >= 15 is 0 Å². The highest BCUT2D eigenvalue weighted by molar-refractivity contribution is 7.11. The summed E-state index contributed by atoms with van der Waals surface area (Å²) in [5.41, 5.74) is 4.14. The van der Waals surface area contributed by atoms with Gasteiger partial charge in [-0.3, -0.25) is 15.1 Å². The smallest absolute Gasteiger partial charge is 0.294 e. The third kappa shape index (κ3) is 3.21. The molecule has 3 rings (SSSR count). The van der Waals surface area contributed by atoms with E-state index in [2.05, 4.69) is 21.4 Å². The molecule has 1 amide bonds. The number of fused-ring (bicyclic) bond motifs is 1. The van der Waals surface area contributed by atoms with E-state index in [0.29, 0.717) is 18.2 Å². The number of carbonyl (C=O) groups excluding carboxylic acids is 1. The second-order valence-electron chi connectivity index (χ2n) is 4.78. The molecule has 6 nitrogen and oxygen atoms in total. The number of rotatable bonds is 3. The lowest BCUT2D eigenvalue weighted by atomic mass is 10.2. The summed E-state index contributed by atoms with van der Waals surface area (Å²) >= 11 is 1.30. The summed E-state index contributed by atoms with van der Waals surface area (Å²) in [6.45, 7) is 2.97. The lowest BCUT2D eigenvalue weighted by Crippen LogP contribution is -2.30. The second-order valence-corrected chi connectivity index (χ2v) is 5.64. The molecule has 110 valence electrons. The van der Waals surface area contributed by atoms with E-state index in [1.165, 1.54) is 16.9 Å². The van der Waals surface area contributed by atoms with E-state index in [0.717, 1.165) is 24.5 Å². The van der Waals surface area contributed by atoms with Gasteiger partial charge < -0.3 is 4.74 Å². The first kappa shape index (κ1) is 14.0. The van der Waals surface area contributed by atoms with Crippen molar-refractivity contribution in [3.05, 3.63) is 45.9 Å². The summed E-state index contributed by atoms with van der Waals surface area (Å²) in [5, 5.41) is 2.28. The van der Waals surface area contributed by atoms with Gasteiger partial charge in [0.1, 0.15) is 12.4 Å². The minimum absolute atomic E-state index is 0.351. The molecule has 0 spiro atoms. The number of benzene rings is 1. The van der Waals surface area contributed by atoms with Crippen molar-refractivity contribution in [3.63, 3.8) is 0 Å². The molecule has 0 aliphatic carbocycles. The highest BCUT2D eigenvalue weighted by Gasteiger charge is 2.17. The molecular weight excluding hydrogens is 288 g/mol. The Morgan fingerprint density at radius 2 is 2.33 bits per heavy atom. The Balaban J connectivity index is 1.70. The number of nitrogens with zero attached hydrogens (tertiary/aromatic N) is 2. The number of thiazole rings is 1. The molecule has 1 aliphatic rings. The Kier molecular flexibility index (Phi) is 4.14. The molecule has 0 atom stereocenters. The normalized spacial score (nSPS) is 14.9. The number of nitrogen functional groups attached to an aromatic ring is 1. The third-order valence-corrected chi connectivity index (χ3v) is 4.18. The fourth-order valence-electron chi connectivity index (χ4n) is 2.29. The topological polar surface area (TPSA) is 80.5 Å². The number of nitrogens with one attached hydrogen (secondary N) is 1. The van der Waals surface area contributed by atoms with E-state index in [4.69, 9.17) is 10.6 Å². The molecular formula is C14H16N4O2S. The monoisotopic (exact) mass is 304 g/mol. The van der Waals surface area contributed by atoms with Crippen LogP contribution in [0.2, 0.25) is 0 Å². The molecule has 0 radical (unpaired) electrons. The van der Waals surface area contributed by atoms with Gasteiger partial charge in [0.15, 0.2) is 5.01 Å². The number of nitrogens with two attached hydrogens (primary N) is 1. The van der Waals surface area contributed by atoms with E-state index in [1.54, 1.807) is 0 Å². The van der Waals surface area contributed by atoms with Crippen LogP contribution in [0, 0.1) is 0 Å². The molecule has 3 N–H and O–H groups in total. The van der Waals surface area contributed by atoms with Gasteiger partial charge in [-0.1, -0.05) is 18.2 Å². The maximum atomic E-state index is 11.4. The van der Waals surface area contributed by atoms with Crippen molar-refractivity contribution >= 4 is 17.2 Å². The van der Waals surface area contributed by atoms with Crippen LogP contribution >= 0.6 is 11.3 Å². The van der Waals surface area contributed by atoms with Crippen molar-refractivity contribution in [1.29, 1.82) is 0 Å². The molecule has 0 bridgehead atoms. The van der Waals surface area contributed by atoms with Crippen molar-refractivity contribution in [2.45, 2.75) is 13.1 Å². The van der Waals surface area contributed by atoms with E-state index in [9.17, 15) is 4.79 Å². The van der Waals surface area contributed by atoms with Crippen molar-refractivity contribution in [2.24, 2.45) is 5.84 Å². The summed E-state index contributed by atoms with van der Waals surface area (Å²) in [6.07, 6.45) is 0. The largest absolute Gasteiger partial charge is 0.492 e.